The van der Waals surface area contributed by atoms with Crippen LogP contribution in [-0.2, 0) is 10.0 Å². The molecule has 3 aromatic rings. The fourth-order valence-corrected chi connectivity index (χ4v) is 3.03. The van der Waals surface area contributed by atoms with Crippen molar-refractivity contribution in [1.82, 2.24) is 15.1 Å². The third kappa shape index (κ3) is 4.21. The van der Waals surface area contributed by atoms with Crippen LogP contribution in [0.15, 0.2) is 65.8 Å². The summed E-state index contributed by atoms with van der Waals surface area (Å²) < 4.78 is 37.7. The van der Waals surface area contributed by atoms with Crippen molar-refractivity contribution in [2.45, 2.75) is 17.9 Å². The lowest BCUT2D eigenvalue weighted by atomic mass is 10.1. The van der Waals surface area contributed by atoms with Gasteiger partial charge in [0, 0.05) is 6.20 Å². The van der Waals surface area contributed by atoms with Crippen LogP contribution in [0, 0.1) is 5.82 Å². The van der Waals surface area contributed by atoms with Crippen LogP contribution in [0.3, 0.4) is 0 Å². The van der Waals surface area contributed by atoms with E-state index in [-0.39, 0.29) is 28.1 Å². The van der Waals surface area contributed by atoms with Crippen LogP contribution in [0.4, 0.5) is 4.39 Å². The summed E-state index contributed by atoms with van der Waals surface area (Å²) in [6, 6.07) is 11.6. The molecule has 7 nitrogen and oxygen atoms in total. The quantitative estimate of drug-likeness (QED) is 0.698. The molecule has 140 valence electrons. The van der Waals surface area contributed by atoms with Crippen molar-refractivity contribution < 1.29 is 17.6 Å². The first kappa shape index (κ1) is 18.7. The zero-order chi connectivity index (χ0) is 19.6. The van der Waals surface area contributed by atoms with Crippen LogP contribution < -0.4 is 10.5 Å². The van der Waals surface area contributed by atoms with Gasteiger partial charge in [0.25, 0.3) is 5.91 Å². The van der Waals surface area contributed by atoms with Gasteiger partial charge in [-0.3, -0.25) is 4.79 Å². The molecule has 0 spiro atoms. The molecule has 0 fully saturated rings. The fourth-order valence-electron chi connectivity index (χ4n) is 2.52. The molecule has 1 aromatic heterocycles. The fraction of sp³-hybridized carbons (Fsp3) is 0.111. The van der Waals surface area contributed by atoms with Crippen molar-refractivity contribution in [2.24, 2.45) is 5.14 Å². The number of nitrogens with zero attached hydrogens (tertiary/aromatic N) is 2. The molecule has 0 aliphatic heterocycles. The summed E-state index contributed by atoms with van der Waals surface area (Å²) in [5, 5.41) is 11.9. The highest BCUT2D eigenvalue weighted by molar-refractivity contribution is 7.89. The summed E-state index contributed by atoms with van der Waals surface area (Å²) in [5.41, 5.74) is 1.21. The topological polar surface area (TPSA) is 107 Å². The van der Waals surface area contributed by atoms with Crippen molar-refractivity contribution in [1.29, 1.82) is 0 Å². The molecule has 9 heteroatoms. The molecule has 2 aromatic carbocycles. The molecule has 0 aliphatic rings. The molecule has 0 radical (unpaired) electrons. The van der Waals surface area contributed by atoms with Crippen molar-refractivity contribution in [3.8, 4) is 5.69 Å². The van der Waals surface area contributed by atoms with Crippen LogP contribution in [-0.4, -0.2) is 24.1 Å². The van der Waals surface area contributed by atoms with Gasteiger partial charge in [-0.15, -0.1) is 0 Å². The number of primary sulfonamides is 1. The molecule has 1 amide bonds. The molecule has 0 saturated carbocycles. The molecule has 1 heterocycles. The van der Waals surface area contributed by atoms with Gasteiger partial charge in [-0.2, -0.15) is 5.10 Å². The average Bonchev–Trinajstić information content (AvgIpc) is 3.11. The van der Waals surface area contributed by atoms with Crippen LogP contribution >= 0.6 is 0 Å². The molecule has 3 N–H and O–H groups in total. The Hall–Kier alpha value is -3.04. The molecular formula is C18H17FN4O3S. The van der Waals surface area contributed by atoms with Crippen LogP contribution in [0.1, 0.15) is 28.9 Å². The average molecular weight is 388 g/mol. The van der Waals surface area contributed by atoms with E-state index in [0.29, 0.717) is 5.56 Å². The predicted octanol–water partition coefficient (Wildman–Crippen LogP) is 2.15. The minimum atomic E-state index is -3.77. The molecule has 0 unspecified atom stereocenters. The summed E-state index contributed by atoms with van der Waals surface area (Å²) in [5.74, 6) is -0.837. The third-order valence-electron chi connectivity index (χ3n) is 4.00. The maximum atomic E-state index is 13.8. The Balaban J connectivity index is 1.73. The van der Waals surface area contributed by atoms with Crippen molar-refractivity contribution in [2.75, 3.05) is 0 Å². The second-order valence-corrected chi connectivity index (χ2v) is 7.50. The first-order valence-corrected chi connectivity index (χ1v) is 9.53. The van der Waals surface area contributed by atoms with Gasteiger partial charge in [0.05, 0.1) is 22.7 Å². The van der Waals surface area contributed by atoms with Gasteiger partial charge >= 0.3 is 0 Å². The van der Waals surface area contributed by atoms with E-state index in [9.17, 15) is 17.6 Å². The largest absolute Gasteiger partial charge is 0.345 e. The maximum absolute atomic E-state index is 13.8. The molecular weight excluding hydrogens is 371 g/mol. The van der Waals surface area contributed by atoms with E-state index in [2.05, 4.69) is 10.4 Å². The van der Waals surface area contributed by atoms with Crippen LogP contribution in [0.2, 0.25) is 0 Å². The van der Waals surface area contributed by atoms with Crippen molar-refractivity contribution >= 4 is 15.9 Å². The highest BCUT2D eigenvalue weighted by Gasteiger charge is 2.15. The zero-order valence-electron chi connectivity index (χ0n) is 14.3. The van der Waals surface area contributed by atoms with Gasteiger partial charge in [-0.1, -0.05) is 24.3 Å². The number of nitrogens with one attached hydrogen (secondary N) is 1. The number of aromatic nitrogens is 2. The number of rotatable bonds is 5. The number of halogens is 1. The first-order chi connectivity index (χ1) is 12.8. The van der Waals surface area contributed by atoms with Crippen molar-refractivity contribution in [3.05, 3.63) is 77.9 Å². The minimum Gasteiger partial charge on any atom is -0.345 e. The lowest BCUT2D eigenvalue weighted by Gasteiger charge is -2.14. The van der Waals surface area contributed by atoms with Crippen LogP contribution in [0.5, 0.6) is 0 Å². The Morgan fingerprint density at radius 1 is 1.19 bits per heavy atom. The summed E-state index contributed by atoms with van der Waals surface area (Å²) >= 11 is 0. The standard InChI is InChI=1S/C18H17FN4O3S/c1-12(13-6-8-15(9-7-13)27(20,25)26)22-18(24)14-10-21-23(11-14)17-5-3-2-4-16(17)19/h2-12H,1H3,(H,22,24)(H2,20,25,26)/t12-/m1/s1. The van der Waals surface area contributed by atoms with E-state index in [1.54, 1.807) is 37.3 Å². The minimum absolute atomic E-state index is 0.00376. The smallest absolute Gasteiger partial charge is 0.254 e. The number of para-hydroxylation sites is 1. The highest BCUT2D eigenvalue weighted by atomic mass is 32.2. The summed E-state index contributed by atoms with van der Waals surface area (Å²) in [4.78, 5) is 12.4. The SMILES string of the molecule is C[C@@H](NC(=O)c1cnn(-c2ccccc2F)c1)c1ccc(S(N)(=O)=O)cc1. The molecule has 0 aliphatic carbocycles. The summed E-state index contributed by atoms with van der Waals surface area (Å²) in [7, 11) is -3.77. The van der Waals surface area contributed by atoms with E-state index in [1.807, 2.05) is 0 Å². The van der Waals surface area contributed by atoms with Crippen LogP contribution in [0.25, 0.3) is 5.69 Å². The van der Waals surface area contributed by atoms with Gasteiger partial charge in [-0.05, 0) is 36.8 Å². The van der Waals surface area contributed by atoms with Gasteiger partial charge in [0.15, 0.2) is 0 Å². The number of amides is 1. The van der Waals surface area contributed by atoms with E-state index in [4.69, 9.17) is 5.14 Å². The Morgan fingerprint density at radius 2 is 1.85 bits per heavy atom. The predicted molar refractivity (Wildman–Crippen MR) is 97.2 cm³/mol. The molecule has 0 bridgehead atoms. The maximum Gasteiger partial charge on any atom is 0.254 e. The van der Waals surface area contributed by atoms with Gasteiger partial charge in [-0.25, -0.2) is 22.6 Å². The van der Waals surface area contributed by atoms with E-state index in [1.165, 1.54) is 35.3 Å². The molecule has 0 saturated heterocycles. The Kier molecular flexibility index (Phi) is 5.06. The molecule has 1 atom stereocenters. The van der Waals surface area contributed by atoms with Gasteiger partial charge in [0.1, 0.15) is 11.5 Å². The summed E-state index contributed by atoms with van der Waals surface area (Å²) in [6.07, 6.45) is 2.78. The van der Waals surface area contributed by atoms with Gasteiger partial charge in [0.2, 0.25) is 10.0 Å². The summed E-state index contributed by atoms with van der Waals surface area (Å²) in [6.45, 7) is 1.76. The van der Waals surface area contributed by atoms with E-state index < -0.39 is 15.8 Å². The number of hydrogen-bond donors (Lipinski definition) is 2. The van der Waals surface area contributed by atoms with E-state index in [0.717, 1.165) is 0 Å². The third-order valence-corrected chi connectivity index (χ3v) is 4.93. The monoisotopic (exact) mass is 388 g/mol. The lowest BCUT2D eigenvalue weighted by molar-refractivity contribution is 0.0940. The number of hydrogen-bond acceptors (Lipinski definition) is 4. The number of nitrogens with two attached hydrogens (primary N) is 1. The highest BCUT2D eigenvalue weighted by Crippen LogP contribution is 2.17. The number of carbonyl (C=O) groups is 1. The second-order valence-electron chi connectivity index (χ2n) is 5.93. The van der Waals surface area contributed by atoms with E-state index >= 15 is 0 Å². The number of sulfonamides is 1. The molecule has 3 rings (SSSR count). The Bertz CT molecular complexity index is 1080. The number of carbonyl (C=O) groups excluding carboxylic acids is 1. The van der Waals surface area contributed by atoms with Gasteiger partial charge < -0.3 is 5.32 Å². The van der Waals surface area contributed by atoms with Crippen molar-refractivity contribution in [3.63, 3.8) is 0 Å². The lowest BCUT2D eigenvalue weighted by Crippen LogP contribution is -2.26. The zero-order valence-corrected chi connectivity index (χ0v) is 15.2. The first-order valence-electron chi connectivity index (χ1n) is 7.99. The molecule has 27 heavy (non-hydrogen) atoms. The normalized spacial score (nSPS) is 12.6. The second kappa shape index (κ2) is 7.29. The Labute approximate surface area is 155 Å². The number of benzene rings is 2. The Morgan fingerprint density at radius 3 is 2.48 bits per heavy atom.